The van der Waals surface area contributed by atoms with Crippen molar-refractivity contribution >= 4 is 0 Å². The normalized spacial score (nSPS) is 25.3. The Bertz CT molecular complexity index is 401. The van der Waals surface area contributed by atoms with E-state index >= 15 is 0 Å². The lowest BCUT2D eigenvalue weighted by molar-refractivity contribution is -0.0707. The number of morpholine rings is 1. The number of hydrogen-bond acceptors (Lipinski definition) is 3. The third-order valence-electron chi connectivity index (χ3n) is 3.24. The van der Waals surface area contributed by atoms with Gasteiger partial charge in [-0.2, -0.15) is 0 Å². The molecule has 1 aromatic carbocycles. The van der Waals surface area contributed by atoms with Crippen LogP contribution in [0.1, 0.15) is 25.0 Å². The first-order valence-corrected chi connectivity index (χ1v) is 6.43. The highest BCUT2D eigenvalue weighted by Crippen LogP contribution is 2.17. The average molecular weight is 252 g/mol. The highest BCUT2D eigenvalue weighted by molar-refractivity contribution is 5.24. The van der Waals surface area contributed by atoms with E-state index in [1.807, 2.05) is 12.1 Å². The van der Waals surface area contributed by atoms with Crippen LogP contribution < -0.4 is 5.73 Å². The van der Waals surface area contributed by atoms with Crippen molar-refractivity contribution in [3.63, 3.8) is 0 Å². The fourth-order valence-electron chi connectivity index (χ4n) is 2.50. The van der Waals surface area contributed by atoms with Gasteiger partial charge in [-0.15, -0.1) is 0 Å². The Hall–Kier alpha value is -0.970. The summed E-state index contributed by atoms with van der Waals surface area (Å²) in [6.07, 6.45) is 0.417. The molecule has 1 heterocycles. The quantitative estimate of drug-likeness (QED) is 0.893. The summed E-state index contributed by atoms with van der Waals surface area (Å²) in [6.45, 7) is 6.81. The Morgan fingerprint density at radius 1 is 1.33 bits per heavy atom. The van der Waals surface area contributed by atoms with E-state index in [0.717, 1.165) is 24.2 Å². The SMILES string of the molecule is C[C@@H]1CN(Cc2ccc(CN)cc2F)C[C@H](C)O1. The van der Waals surface area contributed by atoms with E-state index in [4.69, 9.17) is 10.5 Å². The highest BCUT2D eigenvalue weighted by atomic mass is 19.1. The van der Waals surface area contributed by atoms with E-state index in [9.17, 15) is 4.39 Å². The summed E-state index contributed by atoms with van der Waals surface area (Å²) >= 11 is 0. The molecule has 1 aromatic rings. The van der Waals surface area contributed by atoms with Gasteiger partial charge in [0.25, 0.3) is 0 Å². The fraction of sp³-hybridized carbons (Fsp3) is 0.571. The smallest absolute Gasteiger partial charge is 0.128 e. The van der Waals surface area contributed by atoms with Crippen molar-refractivity contribution < 1.29 is 9.13 Å². The minimum absolute atomic E-state index is 0.162. The second-order valence-electron chi connectivity index (χ2n) is 5.08. The van der Waals surface area contributed by atoms with Crippen LogP contribution in [0.15, 0.2) is 18.2 Å². The maximum absolute atomic E-state index is 13.9. The molecule has 3 nitrogen and oxygen atoms in total. The molecule has 0 aliphatic carbocycles. The van der Waals surface area contributed by atoms with Crippen LogP contribution in [-0.4, -0.2) is 30.2 Å². The lowest BCUT2D eigenvalue weighted by Gasteiger charge is -2.35. The van der Waals surface area contributed by atoms with Gasteiger partial charge in [0.2, 0.25) is 0 Å². The molecule has 0 bridgehead atoms. The Morgan fingerprint density at radius 2 is 2.00 bits per heavy atom. The average Bonchev–Trinajstić information content (AvgIpc) is 2.30. The monoisotopic (exact) mass is 252 g/mol. The van der Waals surface area contributed by atoms with Gasteiger partial charge in [-0.25, -0.2) is 4.39 Å². The van der Waals surface area contributed by atoms with E-state index in [2.05, 4.69) is 18.7 Å². The van der Waals surface area contributed by atoms with Crippen molar-refractivity contribution in [2.75, 3.05) is 13.1 Å². The van der Waals surface area contributed by atoms with Gasteiger partial charge in [0, 0.05) is 31.7 Å². The molecule has 0 radical (unpaired) electrons. The van der Waals surface area contributed by atoms with Gasteiger partial charge in [0.05, 0.1) is 12.2 Å². The van der Waals surface area contributed by atoms with Crippen molar-refractivity contribution in [2.45, 2.75) is 39.1 Å². The van der Waals surface area contributed by atoms with E-state index in [1.54, 1.807) is 0 Å². The molecule has 18 heavy (non-hydrogen) atoms. The predicted octanol–water partition coefficient (Wildman–Crippen LogP) is 1.89. The van der Waals surface area contributed by atoms with E-state index < -0.39 is 0 Å². The lowest BCUT2D eigenvalue weighted by atomic mass is 10.1. The Morgan fingerprint density at radius 3 is 2.56 bits per heavy atom. The summed E-state index contributed by atoms with van der Waals surface area (Å²) in [5.41, 5.74) is 7.06. The van der Waals surface area contributed by atoms with Crippen LogP contribution in [0.5, 0.6) is 0 Å². The van der Waals surface area contributed by atoms with Crippen LogP contribution in [-0.2, 0) is 17.8 Å². The van der Waals surface area contributed by atoms with Gasteiger partial charge in [0.15, 0.2) is 0 Å². The summed E-state index contributed by atoms with van der Waals surface area (Å²) in [5, 5.41) is 0. The molecule has 0 aromatic heterocycles. The third kappa shape index (κ3) is 3.28. The molecular formula is C14H21FN2O. The molecular weight excluding hydrogens is 231 g/mol. The lowest BCUT2D eigenvalue weighted by Crippen LogP contribution is -2.44. The second kappa shape index (κ2) is 5.78. The van der Waals surface area contributed by atoms with Gasteiger partial charge in [0.1, 0.15) is 5.82 Å². The van der Waals surface area contributed by atoms with Gasteiger partial charge < -0.3 is 10.5 Å². The van der Waals surface area contributed by atoms with Crippen molar-refractivity contribution in [3.05, 3.63) is 35.1 Å². The van der Waals surface area contributed by atoms with Crippen LogP contribution in [0, 0.1) is 5.82 Å². The van der Waals surface area contributed by atoms with Crippen LogP contribution in [0.2, 0.25) is 0 Å². The first kappa shape index (κ1) is 13.5. The Balaban J connectivity index is 2.04. The fourth-order valence-corrected chi connectivity index (χ4v) is 2.50. The zero-order valence-corrected chi connectivity index (χ0v) is 11.0. The number of rotatable bonds is 3. The van der Waals surface area contributed by atoms with Crippen molar-refractivity contribution in [3.8, 4) is 0 Å². The summed E-state index contributed by atoms with van der Waals surface area (Å²) in [7, 11) is 0. The molecule has 2 rings (SSSR count). The molecule has 1 aliphatic heterocycles. The Labute approximate surface area is 108 Å². The number of benzene rings is 1. The topological polar surface area (TPSA) is 38.5 Å². The molecule has 1 aliphatic rings. The summed E-state index contributed by atoms with van der Waals surface area (Å²) < 4.78 is 19.5. The molecule has 2 N–H and O–H groups in total. The van der Waals surface area contributed by atoms with E-state index in [0.29, 0.717) is 13.1 Å². The van der Waals surface area contributed by atoms with Crippen LogP contribution in [0.25, 0.3) is 0 Å². The minimum Gasteiger partial charge on any atom is -0.373 e. The molecule has 1 fully saturated rings. The van der Waals surface area contributed by atoms with Gasteiger partial charge in [-0.3, -0.25) is 4.90 Å². The number of hydrogen-bond donors (Lipinski definition) is 1. The minimum atomic E-state index is -0.162. The summed E-state index contributed by atoms with van der Waals surface area (Å²) in [5.74, 6) is -0.162. The zero-order chi connectivity index (χ0) is 13.1. The standard InChI is InChI=1S/C14H21FN2O/c1-10-7-17(8-11(2)18-10)9-13-4-3-12(6-16)5-14(13)15/h3-5,10-11H,6-9,16H2,1-2H3/t10-,11+. The second-order valence-corrected chi connectivity index (χ2v) is 5.08. The summed E-state index contributed by atoms with van der Waals surface area (Å²) in [4.78, 5) is 2.24. The maximum atomic E-state index is 13.9. The summed E-state index contributed by atoms with van der Waals surface area (Å²) in [6, 6.07) is 5.26. The van der Waals surface area contributed by atoms with Crippen molar-refractivity contribution in [2.24, 2.45) is 5.73 Å². The molecule has 0 unspecified atom stereocenters. The Kier molecular flexibility index (Phi) is 4.32. The van der Waals surface area contributed by atoms with Gasteiger partial charge in [-0.05, 0) is 25.5 Å². The highest BCUT2D eigenvalue weighted by Gasteiger charge is 2.22. The molecule has 0 spiro atoms. The molecule has 0 amide bonds. The van der Waals surface area contributed by atoms with Gasteiger partial charge >= 0.3 is 0 Å². The maximum Gasteiger partial charge on any atom is 0.128 e. The number of nitrogens with two attached hydrogens (primary N) is 1. The van der Waals surface area contributed by atoms with Crippen LogP contribution >= 0.6 is 0 Å². The first-order valence-electron chi connectivity index (χ1n) is 6.43. The van der Waals surface area contributed by atoms with Crippen LogP contribution in [0.3, 0.4) is 0 Å². The van der Waals surface area contributed by atoms with Crippen molar-refractivity contribution in [1.29, 1.82) is 0 Å². The van der Waals surface area contributed by atoms with E-state index in [1.165, 1.54) is 6.07 Å². The molecule has 100 valence electrons. The van der Waals surface area contributed by atoms with Gasteiger partial charge in [-0.1, -0.05) is 12.1 Å². The molecule has 2 atom stereocenters. The zero-order valence-electron chi connectivity index (χ0n) is 11.0. The van der Waals surface area contributed by atoms with Crippen molar-refractivity contribution in [1.82, 2.24) is 4.90 Å². The number of ether oxygens (including phenoxy) is 1. The predicted molar refractivity (Wildman–Crippen MR) is 69.6 cm³/mol. The first-order chi connectivity index (χ1) is 8.58. The third-order valence-corrected chi connectivity index (χ3v) is 3.24. The number of nitrogens with zero attached hydrogens (tertiary/aromatic N) is 1. The molecule has 0 saturated carbocycles. The molecule has 1 saturated heterocycles. The number of halogens is 1. The molecule has 4 heteroatoms. The largest absolute Gasteiger partial charge is 0.373 e. The van der Waals surface area contributed by atoms with Crippen LogP contribution in [0.4, 0.5) is 4.39 Å². The van der Waals surface area contributed by atoms with E-state index in [-0.39, 0.29) is 18.0 Å².